The van der Waals surface area contributed by atoms with Crippen molar-refractivity contribution in [2.24, 2.45) is 0 Å². The number of hydrogen-bond donors (Lipinski definition) is 0. The number of para-hydroxylation sites is 2. The van der Waals surface area contributed by atoms with E-state index in [2.05, 4.69) is 95.6 Å². The minimum atomic E-state index is 0.593. The van der Waals surface area contributed by atoms with Crippen LogP contribution < -0.4 is 0 Å². The van der Waals surface area contributed by atoms with Crippen molar-refractivity contribution in [2.45, 2.75) is 0 Å². The molecule has 0 amide bonds. The van der Waals surface area contributed by atoms with Gasteiger partial charge in [0.05, 0.1) is 28.6 Å². The van der Waals surface area contributed by atoms with E-state index >= 15 is 0 Å². The van der Waals surface area contributed by atoms with Gasteiger partial charge in [-0.05, 0) is 66.2 Å². The SMILES string of the molecule is C=Cc1sc2ccc(-n3c4ccccc4c4cc(-n5c(C=C)c(/C=C\F)c6ccccc65)ccc43)cc2c1C=C. The van der Waals surface area contributed by atoms with Gasteiger partial charge in [-0.3, -0.25) is 0 Å². The van der Waals surface area contributed by atoms with Crippen molar-refractivity contribution in [3.63, 3.8) is 0 Å². The largest absolute Gasteiger partial charge is 0.309 e. The zero-order valence-corrected chi connectivity index (χ0v) is 22.6. The predicted molar refractivity (Wildman–Crippen MR) is 173 cm³/mol. The normalized spacial score (nSPS) is 11.8. The first-order valence-electron chi connectivity index (χ1n) is 13.1. The average molecular weight is 537 g/mol. The molecule has 0 spiro atoms. The Morgan fingerprint density at radius 2 is 1.25 bits per heavy atom. The molecule has 192 valence electrons. The van der Waals surface area contributed by atoms with Gasteiger partial charge in [0.1, 0.15) is 0 Å². The highest BCUT2D eigenvalue weighted by atomic mass is 32.1. The van der Waals surface area contributed by atoms with E-state index < -0.39 is 0 Å². The lowest BCUT2D eigenvalue weighted by atomic mass is 10.1. The highest BCUT2D eigenvalue weighted by molar-refractivity contribution is 7.20. The van der Waals surface area contributed by atoms with Crippen LogP contribution in [-0.2, 0) is 0 Å². The van der Waals surface area contributed by atoms with Crippen LogP contribution in [0.25, 0.3) is 78.5 Å². The van der Waals surface area contributed by atoms with E-state index in [0.717, 1.165) is 60.4 Å². The molecule has 0 aliphatic heterocycles. The number of halogens is 1. The van der Waals surface area contributed by atoms with E-state index in [1.165, 1.54) is 21.5 Å². The molecule has 0 fully saturated rings. The zero-order valence-electron chi connectivity index (χ0n) is 21.8. The van der Waals surface area contributed by atoms with E-state index in [4.69, 9.17) is 0 Å². The first-order valence-corrected chi connectivity index (χ1v) is 13.9. The number of nitrogens with zero attached hydrogens (tertiary/aromatic N) is 2. The quantitative estimate of drug-likeness (QED) is 0.200. The molecule has 0 aliphatic rings. The van der Waals surface area contributed by atoms with Crippen molar-refractivity contribution in [3.05, 3.63) is 133 Å². The van der Waals surface area contributed by atoms with Crippen molar-refractivity contribution in [3.8, 4) is 11.4 Å². The van der Waals surface area contributed by atoms with Crippen LogP contribution in [0.3, 0.4) is 0 Å². The van der Waals surface area contributed by atoms with Crippen molar-refractivity contribution in [1.29, 1.82) is 0 Å². The summed E-state index contributed by atoms with van der Waals surface area (Å²) in [5.74, 6) is 0. The number of fused-ring (bicyclic) bond motifs is 5. The Morgan fingerprint density at radius 3 is 1.98 bits per heavy atom. The predicted octanol–water partition coefficient (Wildman–Crippen LogP) is 10.8. The third kappa shape index (κ3) is 3.40. The molecule has 7 aromatic rings. The Morgan fingerprint density at radius 1 is 0.600 bits per heavy atom. The molecule has 0 aliphatic carbocycles. The Hall–Kier alpha value is -4.93. The molecule has 4 heteroatoms. The summed E-state index contributed by atoms with van der Waals surface area (Å²) in [4.78, 5) is 1.13. The molecular formula is C36H25FN2S. The van der Waals surface area contributed by atoms with Gasteiger partial charge >= 0.3 is 0 Å². The molecule has 0 unspecified atom stereocenters. The smallest absolute Gasteiger partial charge is 0.0873 e. The first-order chi connectivity index (χ1) is 19.7. The Bertz CT molecular complexity index is 2180. The summed E-state index contributed by atoms with van der Waals surface area (Å²) in [7, 11) is 0. The fourth-order valence-corrected chi connectivity index (χ4v) is 7.04. The van der Waals surface area contributed by atoms with Crippen molar-refractivity contribution in [1.82, 2.24) is 9.13 Å². The maximum absolute atomic E-state index is 13.4. The number of benzene rings is 4. The first kappa shape index (κ1) is 24.1. The van der Waals surface area contributed by atoms with Gasteiger partial charge in [-0.2, -0.15) is 0 Å². The second kappa shape index (κ2) is 9.37. The molecule has 0 atom stereocenters. The van der Waals surface area contributed by atoms with Gasteiger partial charge in [-0.15, -0.1) is 11.3 Å². The van der Waals surface area contributed by atoms with Crippen molar-refractivity contribution >= 4 is 78.4 Å². The maximum Gasteiger partial charge on any atom is 0.0873 e. The van der Waals surface area contributed by atoms with E-state index in [-0.39, 0.29) is 0 Å². The van der Waals surface area contributed by atoms with Crippen LogP contribution in [0.4, 0.5) is 4.39 Å². The van der Waals surface area contributed by atoms with Crippen LogP contribution in [0.5, 0.6) is 0 Å². The number of rotatable bonds is 6. The molecule has 3 aromatic heterocycles. The van der Waals surface area contributed by atoms with Crippen LogP contribution in [0, 0.1) is 0 Å². The Balaban J connectivity index is 1.52. The van der Waals surface area contributed by atoms with Crippen LogP contribution in [0.15, 0.2) is 111 Å². The van der Waals surface area contributed by atoms with Gasteiger partial charge in [-0.1, -0.05) is 68.3 Å². The molecule has 4 aromatic carbocycles. The minimum Gasteiger partial charge on any atom is -0.309 e. The lowest BCUT2D eigenvalue weighted by Gasteiger charge is -2.11. The summed E-state index contributed by atoms with van der Waals surface area (Å²) in [5.41, 5.74) is 8.14. The molecule has 0 N–H and O–H groups in total. The molecule has 0 radical (unpaired) electrons. The van der Waals surface area contributed by atoms with Crippen LogP contribution >= 0.6 is 11.3 Å². The van der Waals surface area contributed by atoms with Crippen molar-refractivity contribution in [2.75, 3.05) is 0 Å². The van der Waals surface area contributed by atoms with Crippen LogP contribution in [-0.4, -0.2) is 9.13 Å². The van der Waals surface area contributed by atoms with Gasteiger partial charge in [-0.25, -0.2) is 4.39 Å². The zero-order chi connectivity index (χ0) is 27.4. The molecule has 3 heterocycles. The van der Waals surface area contributed by atoms with Crippen LogP contribution in [0.1, 0.15) is 21.7 Å². The summed E-state index contributed by atoms with van der Waals surface area (Å²) in [5, 5.41) is 4.47. The maximum atomic E-state index is 13.4. The second-order valence-corrected chi connectivity index (χ2v) is 10.8. The van der Waals surface area contributed by atoms with E-state index in [0.29, 0.717) is 6.33 Å². The minimum absolute atomic E-state index is 0.593. The number of hydrogen-bond acceptors (Lipinski definition) is 1. The number of thiophene rings is 1. The summed E-state index contributed by atoms with van der Waals surface area (Å²) >= 11 is 1.73. The summed E-state index contributed by atoms with van der Waals surface area (Å²) in [6.07, 6.45) is 7.73. The van der Waals surface area contributed by atoms with E-state index in [9.17, 15) is 4.39 Å². The molecule has 2 nitrogen and oxygen atoms in total. The molecular weight excluding hydrogens is 511 g/mol. The molecule has 7 rings (SSSR count). The molecule has 0 saturated carbocycles. The van der Waals surface area contributed by atoms with E-state index in [1.54, 1.807) is 17.4 Å². The Kier molecular flexibility index (Phi) is 5.65. The third-order valence-corrected chi connectivity index (χ3v) is 8.86. The van der Waals surface area contributed by atoms with Gasteiger partial charge in [0.2, 0.25) is 0 Å². The van der Waals surface area contributed by atoms with E-state index in [1.807, 2.05) is 30.4 Å². The standard InChI is InChI=1S/C36H25FN2S/c1-4-25-30-22-24(16-18-36(30)40-35(25)6-3)39-33-14-10-8-12-27(33)29-21-23(15-17-34(29)39)38-31(5-2)28(19-20-37)26-11-7-9-13-32(26)38/h4-22H,1-3H2/b20-19-. The topological polar surface area (TPSA) is 9.86 Å². The molecule has 0 saturated heterocycles. The van der Waals surface area contributed by atoms with Gasteiger partial charge < -0.3 is 9.13 Å². The lowest BCUT2D eigenvalue weighted by Crippen LogP contribution is -1.98. The van der Waals surface area contributed by atoms with Crippen molar-refractivity contribution < 1.29 is 4.39 Å². The van der Waals surface area contributed by atoms with Gasteiger partial charge in [0.15, 0.2) is 0 Å². The van der Waals surface area contributed by atoms with Gasteiger partial charge in [0, 0.05) is 48.1 Å². The summed E-state index contributed by atoms with van der Waals surface area (Å²) < 4.78 is 19.1. The fourth-order valence-electron chi connectivity index (χ4n) is 6.01. The number of aromatic nitrogens is 2. The lowest BCUT2D eigenvalue weighted by molar-refractivity contribution is 0.727. The highest BCUT2D eigenvalue weighted by Gasteiger charge is 2.18. The monoisotopic (exact) mass is 536 g/mol. The fraction of sp³-hybridized carbons (Fsp3) is 0. The second-order valence-electron chi connectivity index (χ2n) is 9.67. The highest BCUT2D eigenvalue weighted by Crippen LogP contribution is 2.39. The van der Waals surface area contributed by atoms with Crippen LogP contribution in [0.2, 0.25) is 0 Å². The Labute approximate surface area is 235 Å². The molecule has 0 bridgehead atoms. The third-order valence-electron chi connectivity index (χ3n) is 7.68. The van der Waals surface area contributed by atoms with Gasteiger partial charge in [0.25, 0.3) is 0 Å². The molecule has 40 heavy (non-hydrogen) atoms. The summed E-state index contributed by atoms with van der Waals surface area (Å²) in [6, 6.07) is 29.7. The summed E-state index contributed by atoms with van der Waals surface area (Å²) in [6.45, 7) is 12.1. The average Bonchev–Trinajstić information content (AvgIpc) is 3.63.